The first-order valence-corrected chi connectivity index (χ1v) is 39.5. The summed E-state index contributed by atoms with van der Waals surface area (Å²) < 4.78 is 30.9. The van der Waals surface area contributed by atoms with Gasteiger partial charge < -0.3 is 19.4 Å². The van der Waals surface area contributed by atoms with Gasteiger partial charge in [-0.25, -0.2) is 4.57 Å². The minimum Gasteiger partial charge on any atom is -0.456 e. The lowest BCUT2D eigenvalue weighted by Gasteiger charge is -2.27. The molecule has 512 valence electrons. The Morgan fingerprint density at radius 2 is 0.701 bits per heavy atom. The Hall–Kier alpha value is -2.03. The fourth-order valence-electron chi connectivity index (χ4n) is 11.4. The summed E-state index contributed by atoms with van der Waals surface area (Å²) >= 11 is 0. The summed E-state index contributed by atoms with van der Waals surface area (Å²) in [6, 6.07) is -0.847. The van der Waals surface area contributed by atoms with E-state index in [2.05, 4.69) is 62.5 Å². The van der Waals surface area contributed by atoms with Crippen molar-refractivity contribution in [2.45, 2.75) is 392 Å². The zero-order valence-corrected chi connectivity index (χ0v) is 59.7. The van der Waals surface area contributed by atoms with Crippen LogP contribution in [0.25, 0.3) is 0 Å². The largest absolute Gasteiger partial charge is 0.472 e. The number of nitrogens with one attached hydrogen (secondary N) is 1. The normalized spacial score (nSPS) is 13.7. The van der Waals surface area contributed by atoms with E-state index in [1.54, 1.807) is 0 Å². The molecule has 0 aromatic carbocycles. The maximum absolute atomic E-state index is 13.6. The van der Waals surface area contributed by atoms with Crippen LogP contribution in [0.15, 0.2) is 48.6 Å². The third kappa shape index (κ3) is 68.2. The molecule has 0 heterocycles. The number of hydrogen-bond acceptors (Lipinski definition) is 6. The molecule has 2 N–H and O–H groups in total. The van der Waals surface area contributed by atoms with Crippen LogP contribution in [0, 0.1) is 0 Å². The third-order valence-corrected chi connectivity index (χ3v) is 18.2. The van der Waals surface area contributed by atoms with Gasteiger partial charge in [0.2, 0.25) is 5.91 Å². The average molecular weight is 1250 g/mol. The number of unbranched alkanes of at least 4 members (excludes halogenated alkanes) is 48. The number of esters is 1. The number of likely N-dealkylation sites (N-methyl/N-ethyl adjacent to an activating group) is 1. The van der Waals surface area contributed by atoms with E-state index < -0.39 is 20.0 Å². The van der Waals surface area contributed by atoms with Gasteiger partial charge in [0.15, 0.2) is 0 Å². The summed E-state index contributed by atoms with van der Waals surface area (Å²) in [5.41, 5.74) is 0. The van der Waals surface area contributed by atoms with Crippen molar-refractivity contribution in [1.29, 1.82) is 0 Å². The van der Waals surface area contributed by atoms with E-state index in [0.717, 1.165) is 64.2 Å². The fourth-order valence-corrected chi connectivity index (χ4v) is 12.1. The number of phosphoric ester groups is 1. The zero-order chi connectivity index (χ0) is 63.5. The smallest absolute Gasteiger partial charge is 0.456 e. The number of carbonyl (C=O) groups is 2. The zero-order valence-electron chi connectivity index (χ0n) is 58.8. The molecule has 10 heteroatoms. The molecule has 0 saturated carbocycles. The van der Waals surface area contributed by atoms with Crippen LogP contribution >= 0.6 is 7.82 Å². The minimum atomic E-state index is -4.45. The van der Waals surface area contributed by atoms with Gasteiger partial charge in [-0.3, -0.25) is 18.6 Å². The number of nitrogens with zero attached hydrogens (tertiary/aromatic N) is 1. The van der Waals surface area contributed by atoms with Gasteiger partial charge in [-0.2, -0.15) is 0 Å². The molecule has 9 nitrogen and oxygen atoms in total. The highest BCUT2D eigenvalue weighted by Gasteiger charge is 2.30. The molecule has 3 unspecified atom stereocenters. The van der Waals surface area contributed by atoms with Crippen LogP contribution in [-0.4, -0.2) is 74.3 Å². The number of rotatable bonds is 70. The number of phosphoric acid groups is 1. The lowest BCUT2D eigenvalue weighted by atomic mass is 10.0. The molecule has 0 radical (unpaired) electrons. The molecule has 0 spiro atoms. The molecule has 0 aromatic rings. The second-order valence-electron chi connectivity index (χ2n) is 27.2. The SMILES string of the molecule is CCCCC/C=C\C/C=C\CCCCCCCCCCCCCCCC(=O)OC(/C=C\CCCCCCCCCCC)C(COP(=O)(O)OCC[N+](C)(C)C)NC(=O)CCCCCCCCCCCCCCCCCCC/C=C/CCCCCCCC. The van der Waals surface area contributed by atoms with Crippen molar-refractivity contribution in [2.24, 2.45) is 0 Å². The summed E-state index contributed by atoms with van der Waals surface area (Å²) in [5.74, 6) is -0.487. The molecule has 0 saturated heterocycles. The highest BCUT2D eigenvalue weighted by Crippen LogP contribution is 2.43. The Labute approximate surface area is 541 Å². The molecular formula is C77H148N2O7P+. The number of allylic oxidation sites excluding steroid dienone is 7. The number of amides is 1. The molecular weight excluding hydrogens is 1100 g/mol. The van der Waals surface area contributed by atoms with E-state index in [1.807, 2.05) is 33.3 Å². The van der Waals surface area contributed by atoms with Gasteiger partial charge in [-0.05, 0) is 89.5 Å². The molecule has 3 atom stereocenters. The fraction of sp³-hybridized carbons (Fsp3) is 0.870. The van der Waals surface area contributed by atoms with E-state index in [-0.39, 0.29) is 25.1 Å². The molecule has 1 amide bonds. The number of hydrogen-bond donors (Lipinski definition) is 2. The molecule has 87 heavy (non-hydrogen) atoms. The first-order chi connectivity index (χ1) is 42.4. The van der Waals surface area contributed by atoms with Crippen LogP contribution < -0.4 is 5.32 Å². The summed E-state index contributed by atoms with van der Waals surface area (Å²) in [4.78, 5) is 37.9. The predicted octanol–water partition coefficient (Wildman–Crippen LogP) is 24.4. The molecule has 0 fully saturated rings. The number of quaternary nitrogens is 1. The van der Waals surface area contributed by atoms with Gasteiger partial charge in [-0.15, -0.1) is 0 Å². The summed E-state index contributed by atoms with van der Waals surface area (Å²) in [7, 11) is 1.51. The summed E-state index contributed by atoms with van der Waals surface area (Å²) in [6.45, 7) is 7.04. The first-order valence-electron chi connectivity index (χ1n) is 38.0. The Balaban J connectivity index is 4.90. The van der Waals surface area contributed by atoms with Gasteiger partial charge in [0.1, 0.15) is 19.3 Å². The van der Waals surface area contributed by atoms with E-state index in [0.29, 0.717) is 23.9 Å². The summed E-state index contributed by atoms with van der Waals surface area (Å²) in [6.07, 6.45) is 85.7. The molecule has 0 bridgehead atoms. The van der Waals surface area contributed by atoms with E-state index in [4.69, 9.17) is 13.8 Å². The lowest BCUT2D eigenvalue weighted by Crippen LogP contribution is -2.47. The Kier molecular flexibility index (Phi) is 65.3. The maximum atomic E-state index is 13.6. The van der Waals surface area contributed by atoms with E-state index in [9.17, 15) is 19.0 Å². The topological polar surface area (TPSA) is 111 Å². The Morgan fingerprint density at radius 3 is 1.07 bits per heavy atom. The van der Waals surface area contributed by atoms with Gasteiger partial charge in [0.25, 0.3) is 0 Å². The molecule has 0 aromatic heterocycles. The quantitative estimate of drug-likeness (QED) is 0.0205. The summed E-state index contributed by atoms with van der Waals surface area (Å²) in [5, 5.41) is 3.08. The average Bonchev–Trinajstić information content (AvgIpc) is 3.70. The Bertz CT molecular complexity index is 1620. The second-order valence-corrected chi connectivity index (χ2v) is 28.6. The van der Waals surface area contributed by atoms with Gasteiger partial charge in [0, 0.05) is 12.8 Å². The molecule has 0 aliphatic rings. The van der Waals surface area contributed by atoms with E-state index >= 15 is 0 Å². The highest BCUT2D eigenvalue weighted by atomic mass is 31.2. The first kappa shape index (κ1) is 85.0. The van der Waals surface area contributed by atoms with Crippen molar-refractivity contribution >= 4 is 19.7 Å². The Morgan fingerprint density at radius 1 is 0.402 bits per heavy atom. The van der Waals surface area contributed by atoms with Crippen molar-refractivity contribution in [1.82, 2.24) is 5.32 Å². The van der Waals surface area contributed by atoms with Crippen LogP contribution in [-0.2, 0) is 27.9 Å². The van der Waals surface area contributed by atoms with Crippen LogP contribution in [0.5, 0.6) is 0 Å². The van der Waals surface area contributed by atoms with Crippen molar-refractivity contribution in [3.05, 3.63) is 48.6 Å². The number of ether oxygens (including phenoxy) is 1. The van der Waals surface area contributed by atoms with Gasteiger partial charge in [0.05, 0.1) is 33.8 Å². The van der Waals surface area contributed by atoms with Crippen LogP contribution in [0.4, 0.5) is 0 Å². The monoisotopic (exact) mass is 1240 g/mol. The van der Waals surface area contributed by atoms with Crippen LogP contribution in [0.1, 0.15) is 380 Å². The molecule has 0 rings (SSSR count). The molecule has 0 aliphatic heterocycles. The van der Waals surface area contributed by atoms with Gasteiger partial charge >= 0.3 is 13.8 Å². The van der Waals surface area contributed by atoms with Crippen LogP contribution in [0.3, 0.4) is 0 Å². The maximum Gasteiger partial charge on any atom is 0.472 e. The number of carbonyl (C=O) groups excluding carboxylic acids is 2. The second kappa shape index (κ2) is 66.9. The van der Waals surface area contributed by atoms with E-state index in [1.165, 1.54) is 283 Å². The highest BCUT2D eigenvalue weighted by molar-refractivity contribution is 7.47. The lowest BCUT2D eigenvalue weighted by molar-refractivity contribution is -0.870. The van der Waals surface area contributed by atoms with Crippen molar-refractivity contribution < 1.29 is 37.3 Å². The minimum absolute atomic E-state index is 0.0422. The van der Waals surface area contributed by atoms with Crippen molar-refractivity contribution in [2.75, 3.05) is 40.9 Å². The molecule has 0 aliphatic carbocycles. The van der Waals surface area contributed by atoms with Crippen LogP contribution in [0.2, 0.25) is 0 Å². The van der Waals surface area contributed by atoms with Gasteiger partial charge in [-0.1, -0.05) is 327 Å². The van der Waals surface area contributed by atoms with Crippen molar-refractivity contribution in [3.63, 3.8) is 0 Å². The van der Waals surface area contributed by atoms with Crippen molar-refractivity contribution in [3.8, 4) is 0 Å². The third-order valence-electron chi connectivity index (χ3n) is 17.2. The predicted molar refractivity (Wildman–Crippen MR) is 379 cm³/mol. The standard InChI is InChI=1S/C77H147N2O7P/c1-7-10-13-16-19-22-25-27-29-31-33-35-37-38-39-40-42-43-45-47-49-51-54-57-60-63-66-69-76(80)78-74(73-85-87(82,83)84-72-71-79(4,5)6)75(68-65-62-59-56-53-24-21-18-15-12-9-3)86-77(81)70-67-64-61-58-55-52-50-48-46-44-41-36-34-32-30-28-26-23-20-17-14-11-8-2/h20,23,27-30,65,68,74-75H,7-19,21-22,24-26,31-64,66-67,69-73H2,1-6H3,(H-,78,80,82,83)/p+1/b23-20-,29-27+,30-28-,68-65-.